The summed E-state index contributed by atoms with van der Waals surface area (Å²) >= 11 is 0. The van der Waals surface area contributed by atoms with E-state index in [9.17, 15) is 9.59 Å². The number of hydrogen-bond acceptors (Lipinski definition) is 4. The predicted octanol–water partition coefficient (Wildman–Crippen LogP) is 3.82. The summed E-state index contributed by atoms with van der Waals surface area (Å²) in [6, 6.07) is 18.9. The summed E-state index contributed by atoms with van der Waals surface area (Å²) in [5, 5.41) is 3.91. The molecular weight excluding hydrogens is 376 g/mol. The molecule has 1 saturated heterocycles. The first-order valence-electron chi connectivity index (χ1n) is 9.28. The SMILES string of the molecule is Cl.O=C(CN1CCC[C@H]1C(=O)NCc1ccccc1)c1cc2ccccc2o1. The van der Waals surface area contributed by atoms with E-state index in [2.05, 4.69) is 5.32 Å². The second-order valence-electron chi connectivity index (χ2n) is 6.90. The minimum atomic E-state index is -0.262. The second-order valence-corrected chi connectivity index (χ2v) is 6.90. The van der Waals surface area contributed by atoms with E-state index in [1.165, 1.54) is 0 Å². The van der Waals surface area contributed by atoms with Crippen LogP contribution in [0.2, 0.25) is 0 Å². The molecule has 28 heavy (non-hydrogen) atoms. The lowest BCUT2D eigenvalue weighted by Crippen LogP contribution is -2.44. The number of amides is 1. The zero-order valence-corrected chi connectivity index (χ0v) is 16.3. The van der Waals surface area contributed by atoms with Gasteiger partial charge in [0.2, 0.25) is 11.7 Å². The van der Waals surface area contributed by atoms with Gasteiger partial charge in [-0.15, -0.1) is 12.4 Å². The van der Waals surface area contributed by atoms with Crippen molar-refractivity contribution in [2.24, 2.45) is 0 Å². The summed E-state index contributed by atoms with van der Waals surface area (Å²) in [5.41, 5.74) is 1.77. The normalized spacial score (nSPS) is 16.6. The topological polar surface area (TPSA) is 62.6 Å². The third kappa shape index (κ3) is 4.43. The fourth-order valence-corrected chi connectivity index (χ4v) is 3.60. The maximum absolute atomic E-state index is 12.7. The van der Waals surface area contributed by atoms with E-state index in [0.717, 1.165) is 30.3 Å². The van der Waals surface area contributed by atoms with Crippen LogP contribution >= 0.6 is 12.4 Å². The molecule has 1 aliphatic rings. The molecule has 0 spiro atoms. The molecule has 0 bridgehead atoms. The Hall–Kier alpha value is -2.63. The van der Waals surface area contributed by atoms with Crippen LogP contribution in [-0.4, -0.2) is 35.7 Å². The molecule has 0 radical (unpaired) electrons. The van der Waals surface area contributed by atoms with E-state index in [0.29, 0.717) is 17.9 Å². The Bertz CT molecular complexity index is 922. The zero-order valence-electron chi connectivity index (χ0n) is 15.5. The fourth-order valence-electron chi connectivity index (χ4n) is 3.60. The van der Waals surface area contributed by atoms with Gasteiger partial charge in [0.15, 0.2) is 5.76 Å². The van der Waals surface area contributed by atoms with Crippen LogP contribution in [0.4, 0.5) is 0 Å². The maximum Gasteiger partial charge on any atom is 0.237 e. The van der Waals surface area contributed by atoms with Crippen LogP contribution in [0, 0.1) is 0 Å². The highest BCUT2D eigenvalue weighted by Gasteiger charge is 2.32. The Morgan fingerprint density at radius 3 is 2.61 bits per heavy atom. The molecule has 3 aromatic rings. The Balaban J connectivity index is 0.00000225. The van der Waals surface area contributed by atoms with Crippen molar-refractivity contribution in [1.29, 1.82) is 0 Å². The van der Waals surface area contributed by atoms with E-state index >= 15 is 0 Å². The first-order valence-corrected chi connectivity index (χ1v) is 9.28. The number of ketones is 1. The smallest absolute Gasteiger partial charge is 0.237 e. The van der Waals surface area contributed by atoms with Gasteiger partial charge in [0.1, 0.15) is 5.58 Å². The van der Waals surface area contributed by atoms with E-state index in [4.69, 9.17) is 4.42 Å². The molecule has 0 saturated carbocycles. The largest absolute Gasteiger partial charge is 0.453 e. The lowest BCUT2D eigenvalue weighted by molar-refractivity contribution is -0.125. The van der Waals surface area contributed by atoms with Crippen LogP contribution in [0.15, 0.2) is 65.1 Å². The highest BCUT2D eigenvalue weighted by molar-refractivity contribution is 5.99. The Morgan fingerprint density at radius 1 is 1.07 bits per heavy atom. The van der Waals surface area contributed by atoms with Crippen molar-refractivity contribution in [3.8, 4) is 0 Å². The van der Waals surface area contributed by atoms with Crippen molar-refractivity contribution in [3.05, 3.63) is 72.0 Å². The van der Waals surface area contributed by atoms with Gasteiger partial charge in [0.25, 0.3) is 0 Å². The molecule has 6 heteroatoms. The average molecular weight is 399 g/mol. The van der Waals surface area contributed by atoms with Gasteiger partial charge in [0, 0.05) is 11.9 Å². The van der Waals surface area contributed by atoms with E-state index in [1.807, 2.05) is 59.5 Å². The Morgan fingerprint density at radius 2 is 1.82 bits per heavy atom. The van der Waals surface area contributed by atoms with Gasteiger partial charge in [-0.05, 0) is 37.1 Å². The van der Waals surface area contributed by atoms with Gasteiger partial charge in [-0.1, -0.05) is 48.5 Å². The van der Waals surface area contributed by atoms with Crippen molar-refractivity contribution in [1.82, 2.24) is 10.2 Å². The molecule has 1 aromatic heterocycles. The van der Waals surface area contributed by atoms with Gasteiger partial charge < -0.3 is 9.73 Å². The maximum atomic E-state index is 12.7. The third-order valence-corrected chi connectivity index (χ3v) is 5.02. The van der Waals surface area contributed by atoms with Crippen LogP contribution in [0.25, 0.3) is 11.0 Å². The number of fused-ring (bicyclic) bond motifs is 1. The molecular formula is C22H23ClN2O3. The average Bonchev–Trinajstić information content (AvgIpc) is 3.33. The lowest BCUT2D eigenvalue weighted by Gasteiger charge is -2.22. The lowest BCUT2D eigenvalue weighted by atomic mass is 10.1. The zero-order chi connectivity index (χ0) is 18.6. The Labute approximate surface area is 170 Å². The van der Waals surface area contributed by atoms with Crippen molar-refractivity contribution in [2.75, 3.05) is 13.1 Å². The number of rotatable bonds is 6. The predicted molar refractivity (Wildman–Crippen MR) is 111 cm³/mol. The molecule has 0 unspecified atom stereocenters. The molecule has 2 aromatic carbocycles. The van der Waals surface area contributed by atoms with Crippen molar-refractivity contribution >= 4 is 35.1 Å². The molecule has 0 aliphatic carbocycles. The number of furan rings is 1. The molecule has 1 N–H and O–H groups in total. The van der Waals surface area contributed by atoms with Gasteiger partial charge >= 0.3 is 0 Å². The van der Waals surface area contributed by atoms with Gasteiger partial charge in [-0.25, -0.2) is 0 Å². The highest BCUT2D eigenvalue weighted by atomic mass is 35.5. The number of nitrogens with one attached hydrogen (secondary N) is 1. The molecule has 2 heterocycles. The van der Waals surface area contributed by atoms with Crippen molar-refractivity contribution in [2.45, 2.75) is 25.4 Å². The quantitative estimate of drug-likeness (QED) is 0.641. The Kier molecular flexibility index (Phi) is 6.49. The van der Waals surface area contributed by atoms with Crippen molar-refractivity contribution in [3.63, 3.8) is 0 Å². The number of carbonyl (C=O) groups excluding carboxylic acids is 2. The third-order valence-electron chi connectivity index (χ3n) is 5.02. The molecule has 146 valence electrons. The summed E-state index contributed by atoms with van der Waals surface area (Å²) in [7, 11) is 0. The minimum absolute atomic E-state index is 0. The number of halogens is 1. The summed E-state index contributed by atoms with van der Waals surface area (Å²) in [6.45, 7) is 1.44. The first-order chi connectivity index (χ1) is 13.2. The number of carbonyl (C=O) groups is 2. The molecule has 4 rings (SSSR count). The summed E-state index contributed by atoms with van der Waals surface area (Å²) in [6.07, 6.45) is 1.69. The van der Waals surface area contributed by atoms with E-state index < -0.39 is 0 Å². The van der Waals surface area contributed by atoms with Crippen LogP contribution < -0.4 is 5.32 Å². The first kappa shape index (κ1) is 20.1. The number of hydrogen-bond donors (Lipinski definition) is 1. The summed E-state index contributed by atoms with van der Waals surface area (Å²) in [5.74, 6) is 0.245. The number of nitrogens with zero attached hydrogens (tertiary/aromatic N) is 1. The second kappa shape index (κ2) is 9.04. The number of benzene rings is 2. The molecule has 1 aliphatic heterocycles. The van der Waals surface area contributed by atoms with Gasteiger partial charge in [-0.2, -0.15) is 0 Å². The number of para-hydroxylation sites is 1. The summed E-state index contributed by atoms with van der Waals surface area (Å²) < 4.78 is 5.66. The molecule has 1 atom stereocenters. The minimum Gasteiger partial charge on any atom is -0.453 e. The van der Waals surface area contributed by atoms with Crippen LogP contribution in [0.3, 0.4) is 0 Å². The summed E-state index contributed by atoms with van der Waals surface area (Å²) in [4.78, 5) is 27.2. The van der Waals surface area contributed by atoms with Gasteiger partial charge in [-0.3, -0.25) is 14.5 Å². The van der Waals surface area contributed by atoms with Gasteiger partial charge in [0.05, 0.1) is 12.6 Å². The van der Waals surface area contributed by atoms with E-state index in [-0.39, 0.29) is 36.7 Å². The van der Waals surface area contributed by atoms with E-state index in [1.54, 1.807) is 6.07 Å². The number of Topliss-reactive ketones (excluding diaryl/α,β-unsaturated/α-hetero) is 1. The van der Waals surface area contributed by atoms with Crippen molar-refractivity contribution < 1.29 is 14.0 Å². The molecule has 1 fully saturated rings. The fraction of sp³-hybridized carbons (Fsp3) is 0.273. The monoisotopic (exact) mass is 398 g/mol. The molecule has 1 amide bonds. The number of likely N-dealkylation sites (tertiary alicyclic amines) is 1. The molecule has 5 nitrogen and oxygen atoms in total. The van der Waals surface area contributed by atoms with Crippen LogP contribution in [-0.2, 0) is 11.3 Å². The highest BCUT2D eigenvalue weighted by Crippen LogP contribution is 2.22. The van der Waals surface area contributed by atoms with Crippen LogP contribution in [0.5, 0.6) is 0 Å². The standard InChI is InChI=1S/C22H22N2O3.ClH/c25-19(21-13-17-9-4-5-11-20(17)27-21)15-24-12-6-10-18(24)22(26)23-14-16-7-2-1-3-8-16;/h1-5,7-9,11,13,18H,6,10,12,14-15H2,(H,23,26);1H/t18-;/m0./s1. The van der Waals surface area contributed by atoms with Crippen LogP contribution in [0.1, 0.15) is 29.0 Å².